The van der Waals surface area contributed by atoms with Crippen LogP contribution >= 0.6 is 11.6 Å². The zero-order chi connectivity index (χ0) is 22.9. The van der Waals surface area contributed by atoms with Crippen LogP contribution in [0.4, 0.5) is 5.69 Å². The number of nitrogens with one attached hydrogen (secondary N) is 1. The smallest absolute Gasteiger partial charge is 0.339 e. The summed E-state index contributed by atoms with van der Waals surface area (Å²) in [5.74, 6) is -0.877. The molecule has 2 N–H and O–H groups in total. The summed E-state index contributed by atoms with van der Waals surface area (Å²) in [4.78, 5) is 26.6. The normalized spacial score (nSPS) is 14.8. The number of nitrogens with zero attached hydrogens (tertiary/aromatic N) is 1. The molecule has 3 rings (SSSR count). The van der Waals surface area contributed by atoms with Crippen molar-refractivity contribution >= 4 is 29.2 Å². The van der Waals surface area contributed by atoms with Gasteiger partial charge in [-0.25, -0.2) is 4.79 Å². The fourth-order valence-electron chi connectivity index (χ4n) is 4.11. The Balaban J connectivity index is 1.68. The lowest BCUT2D eigenvalue weighted by Crippen LogP contribution is -2.31. The Labute approximate surface area is 194 Å². The summed E-state index contributed by atoms with van der Waals surface area (Å²) in [5.41, 5.74) is 2.53. The molecular weight excluding hydrogens is 428 g/mol. The van der Waals surface area contributed by atoms with Crippen molar-refractivity contribution in [2.75, 3.05) is 31.6 Å². The van der Waals surface area contributed by atoms with E-state index in [-0.39, 0.29) is 11.5 Å². The van der Waals surface area contributed by atoms with E-state index >= 15 is 0 Å². The third-order valence-electron chi connectivity index (χ3n) is 5.85. The van der Waals surface area contributed by atoms with E-state index < -0.39 is 5.97 Å². The molecule has 0 atom stereocenters. The van der Waals surface area contributed by atoms with Crippen molar-refractivity contribution in [1.29, 1.82) is 0 Å². The third-order valence-corrected chi connectivity index (χ3v) is 6.08. The number of hydrogen-bond donors (Lipinski definition) is 2. The summed E-state index contributed by atoms with van der Waals surface area (Å²) >= 11 is 6.23. The van der Waals surface area contributed by atoms with Crippen LogP contribution in [0, 0.1) is 0 Å². The number of hydrogen-bond acceptors (Lipinski definition) is 4. The summed E-state index contributed by atoms with van der Waals surface area (Å²) in [6.45, 7) is 2.30. The summed E-state index contributed by atoms with van der Waals surface area (Å²) in [7, 11) is 1.45. The fourth-order valence-corrected chi connectivity index (χ4v) is 4.29. The van der Waals surface area contributed by atoms with E-state index in [9.17, 15) is 14.7 Å². The highest BCUT2D eigenvalue weighted by Gasteiger charge is 2.18. The molecule has 1 amide bonds. The maximum absolute atomic E-state index is 13.0. The van der Waals surface area contributed by atoms with Gasteiger partial charge >= 0.3 is 5.97 Å². The topological polar surface area (TPSA) is 78.9 Å². The third kappa shape index (κ3) is 6.39. The first-order valence-corrected chi connectivity index (χ1v) is 11.6. The maximum atomic E-state index is 13.0. The van der Waals surface area contributed by atoms with Crippen molar-refractivity contribution in [2.45, 2.75) is 44.9 Å². The maximum Gasteiger partial charge on any atom is 0.339 e. The number of anilines is 1. The Kier molecular flexibility index (Phi) is 8.80. The number of aromatic carboxylic acids is 1. The Morgan fingerprint density at radius 2 is 1.69 bits per heavy atom. The summed E-state index contributed by atoms with van der Waals surface area (Å²) in [5, 5.41) is 12.7. The van der Waals surface area contributed by atoms with Crippen LogP contribution in [0.3, 0.4) is 0 Å². The van der Waals surface area contributed by atoms with Gasteiger partial charge in [0.2, 0.25) is 0 Å². The number of carbonyl (C=O) groups is 2. The number of carbonyl (C=O) groups excluding carboxylic acids is 1. The Morgan fingerprint density at radius 1 is 1.00 bits per heavy atom. The molecule has 2 aromatic carbocycles. The first kappa shape index (κ1) is 23.9. The zero-order valence-electron chi connectivity index (χ0n) is 18.5. The van der Waals surface area contributed by atoms with Crippen LogP contribution in [-0.2, 0) is 6.42 Å². The first-order valence-electron chi connectivity index (χ1n) is 11.2. The van der Waals surface area contributed by atoms with Crippen molar-refractivity contribution in [3.05, 3.63) is 58.1 Å². The van der Waals surface area contributed by atoms with E-state index in [2.05, 4.69) is 10.2 Å². The number of rotatable bonds is 7. The molecule has 0 bridgehead atoms. The van der Waals surface area contributed by atoms with Crippen LogP contribution in [0.2, 0.25) is 5.02 Å². The minimum absolute atomic E-state index is 0.118. The standard InChI is InChI=1S/C25H31ClN2O4/c1-32-23-16-18(8-10-20(23)25(30)31)12-13-27-24(29)21-17-19(26)9-11-22(21)28-14-6-4-2-3-5-7-15-28/h8-11,16-17H,2-7,12-15H2,1H3,(H,27,29)(H,30,31). The minimum atomic E-state index is -1.03. The highest BCUT2D eigenvalue weighted by molar-refractivity contribution is 6.31. The number of methoxy groups -OCH3 is 1. The fraction of sp³-hybridized carbons (Fsp3) is 0.440. The second-order valence-electron chi connectivity index (χ2n) is 8.12. The van der Waals surface area contributed by atoms with Gasteiger partial charge < -0.3 is 20.1 Å². The highest BCUT2D eigenvalue weighted by atomic mass is 35.5. The van der Waals surface area contributed by atoms with Crippen LogP contribution in [0.1, 0.15) is 64.8 Å². The van der Waals surface area contributed by atoms with Gasteiger partial charge in [-0.15, -0.1) is 0 Å². The molecule has 0 unspecified atom stereocenters. The van der Waals surface area contributed by atoms with Gasteiger partial charge in [0.1, 0.15) is 11.3 Å². The molecular formula is C25H31ClN2O4. The van der Waals surface area contributed by atoms with Gasteiger partial charge in [-0.1, -0.05) is 43.4 Å². The van der Waals surface area contributed by atoms with Gasteiger partial charge in [-0.05, 0) is 55.2 Å². The van der Waals surface area contributed by atoms with Crippen LogP contribution in [0.15, 0.2) is 36.4 Å². The van der Waals surface area contributed by atoms with E-state index in [0.717, 1.165) is 37.2 Å². The largest absolute Gasteiger partial charge is 0.496 e. The predicted molar refractivity (Wildman–Crippen MR) is 127 cm³/mol. The number of ether oxygens (including phenoxy) is 1. The van der Waals surface area contributed by atoms with Gasteiger partial charge in [0.05, 0.1) is 12.7 Å². The van der Waals surface area contributed by atoms with Gasteiger partial charge in [0.15, 0.2) is 0 Å². The van der Waals surface area contributed by atoms with E-state index in [0.29, 0.717) is 29.3 Å². The summed E-state index contributed by atoms with van der Waals surface area (Å²) < 4.78 is 5.18. The van der Waals surface area contributed by atoms with Crippen molar-refractivity contribution in [3.8, 4) is 5.75 Å². The summed E-state index contributed by atoms with van der Waals surface area (Å²) in [6.07, 6.45) is 7.79. The molecule has 1 heterocycles. The van der Waals surface area contributed by atoms with E-state index in [4.69, 9.17) is 16.3 Å². The van der Waals surface area contributed by atoms with Crippen molar-refractivity contribution in [2.24, 2.45) is 0 Å². The first-order chi connectivity index (χ1) is 15.5. The van der Waals surface area contributed by atoms with E-state index in [1.807, 2.05) is 12.1 Å². The zero-order valence-corrected chi connectivity index (χ0v) is 19.3. The number of benzene rings is 2. The SMILES string of the molecule is COc1cc(CCNC(=O)c2cc(Cl)ccc2N2CCCCCCCC2)ccc1C(=O)O. The van der Waals surface area contributed by atoms with E-state index in [1.54, 1.807) is 18.2 Å². The Hall–Kier alpha value is -2.73. The van der Waals surface area contributed by atoms with Gasteiger partial charge in [-0.3, -0.25) is 4.79 Å². The molecule has 1 fully saturated rings. The van der Waals surface area contributed by atoms with Crippen LogP contribution in [0.5, 0.6) is 5.75 Å². The van der Waals surface area contributed by atoms with Crippen LogP contribution in [0.25, 0.3) is 0 Å². The molecule has 0 saturated carbocycles. The molecule has 1 aliphatic heterocycles. The molecule has 0 aromatic heterocycles. The molecule has 0 aliphatic carbocycles. The van der Waals surface area contributed by atoms with Crippen molar-refractivity contribution < 1.29 is 19.4 Å². The number of carboxylic acids is 1. The molecule has 32 heavy (non-hydrogen) atoms. The molecule has 0 radical (unpaired) electrons. The van der Waals surface area contributed by atoms with E-state index in [1.165, 1.54) is 38.9 Å². The monoisotopic (exact) mass is 458 g/mol. The summed E-state index contributed by atoms with van der Waals surface area (Å²) in [6, 6.07) is 10.5. The van der Waals surface area contributed by atoms with Gasteiger partial charge in [0, 0.05) is 30.3 Å². The number of amides is 1. The number of halogens is 1. The lowest BCUT2D eigenvalue weighted by atomic mass is 10.1. The Bertz CT molecular complexity index is 938. The predicted octanol–water partition coefficient (Wildman–Crippen LogP) is 5.18. The average Bonchev–Trinajstić information content (AvgIpc) is 2.92. The average molecular weight is 459 g/mol. The molecule has 2 aromatic rings. The highest BCUT2D eigenvalue weighted by Crippen LogP contribution is 2.27. The second-order valence-corrected chi connectivity index (χ2v) is 8.55. The molecule has 0 spiro atoms. The molecule has 7 heteroatoms. The van der Waals surface area contributed by atoms with Gasteiger partial charge in [0.25, 0.3) is 5.91 Å². The van der Waals surface area contributed by atoms with Gasteiger partial charge in [-0.2, -0.15) is 0 Å². The quantitative estimate of drug-likeness (QED) is 0.597. The minimum Gasteiger partial charge on any atom is -0.496 e. The molecule has 6 nitrogen and oxygen atoms in total. The number of carboxylic acid groups (broad SMARTS) is 1. The van der Waals surface area contributed by atoms with Crippen LogP contribution < -0.4 is 15.0 Å². The molecule has 172 valence electrons. The molecule has 1 saturated heterocycles. The molecule has 1 aliphatic rings. The van der Waals surface area contributed by atoms with Crippen molar-refractivity contribution in [1.82, 2.24) is 5.32 Å². The lowest BCUT2D eigenvalue weighted by molar-refractivity contribution is 0.0693. The van der Waals surface area contributed by atoms with Crippen molar-refractivity contribution in [3.63, 3.8) is 0 Å². The second kappa shape index (κ2) is 11.8. The van der Waals surface area contributed by atoms with Crippen LogP contribution in [-0.4, -0.2) is 43.7 Å². The lowest BCUT2D eigenvalue weighted by Gasteiger charge is -2.26. The Morgan fingerprint density at radius 3 is 2.34 bits per heavy atom.